The number of carbonyl (C=O) groups excluding carboxylic acids is 2. The molecule has 1 aromatic carbocycles. The van der Waals surface area contributed by atoms with Crippen molar-refractivity contribution in [1.82, 2.24) is 0 Å². The second kappa shape index (κ2) is 4.69. The quantitative estimate of drug-likeness (QED) is 0.785. The maximum absolute atomic E-state index is 13.2. The minimum absolute atomic E-state index is 0.269. The van der Waals surface area contributed by atoms with Crippen molar-refractivity contribution in [3.8, 4) is 0 Å². The molecule has 0 saturated heterocycles. The van der Waals surface area contributed by atoms with Gasteiger partial charge >= 0.3 is 5.97 Å². The lowest BCUT2D eigenvalue weighted by Gasteiger charge is -2.07. The van der Waals surface area contributed by atoms with Gasteiger partial charge in [-0.1, -0.05) is 0 Å². The van der Waals surface area contributed by atoms with E-state index in [0.717, 1.165) is 13.2 Å². The van der Waals surface area contributed by atoms with E-state index in [0.29, 0.717) is 6.07 Å². The van der Waals surface area contributed by atoms with Crippen molar-refractivity contribution >= 4 is 17.6 Å². The van der Waals surface area contributed by atoms with E-state index in [-0.39, 0.29) is 5.69 Å². The van der Waals surface area contributed by atoms with Gasteiger partial charge in [0, 0.05) is 13.0 Å². The Morgan fingerprint density at radius 3 is 2.38 bits per heavy atom. The van der Waals surface area contributed by atoms with Crippen LogP contribution in [0, 0.1) is 11.6 Å². The second-order valence-electron chi connectivity index (χ2n) is 2.98. The molecule has 4 nitrogen and oxygen atoms in total. The van der Waals surface area contributed by atoms with E-state index in [1.165, 1.54) is 6.92 Å². The number of rotatable bonds is 2. The fourth-order valence-electron chi connectivity index (χ4n) is 1.10. The lowest BCUT2D eigenvalue weighted by Crippen LogP contribution is -2.11. The number of anilines is 1. The number of esters is 1. The highest BCUT2D eigenvalue weighted by Crippen LogP contribution is 2.20. The average molecular weight is 229 g/mol. The topological polar surface area (TPSA) is 55.4 Å². The molecular formula is C10H9F2NO3. The molecule has 0 atom stereocenters. The van der Waals surface area contributed by atoms with Crippen LogP contribution < -0.4 is 5.32 Å². The summed E-state index contributed by atoms with van der Waals surface area (Å²) >= 11 is 0. The van der Waals surface area contributed by atoms with Crippen molar-refractivity contribution in [1.29, 1.82) is 0 Å². The summed E-state index contributed by atoms with van der Waals surface area (Å²) in [6, 6.07) is 1.40. The van der Waals surface area contributed by atoms with Gasteiger partial charge in [-0.05, 0) is 6.07 Å². The Balaban J connectivity index is 3.21. The highest BCUT2D eigenvalue weighted by molar-refractivity contribution is 5.94. The van der Waals surface area contributed by atoms with Crippen LogP contribution >= 0.6 is 0 Å². The third-order valence-corrected chi connectivity index (χ3v) is 1.77. The summed E-state index contributed by atoms with van der Waals surface area (Å²) in [4.78, 5) is 21.8. The van der Waals surface area contributed by atoms with Crippen LogP contribution in [0.1, 0.15) is 17.3 Å². The van der Waals surface area contributed by atoms with Gasteiger partial charge in [0.2, 0.25) is 5.91 Å². The number of methoxy groups -OCH3 is 1. The Kier molecular flexibility index (Phi) is 3.55. The van der Waals surface area contributed by atoms with Crippen LogP contribution in [0.15, 0.2) is 12.1 Å². The summed E-state index contributed by atoms with van der Waals surface area (Å²) in [6.07, 6.45) is 0. The van der Waals surface area contributed by atoms with E-state index >= 15 is 0 Å². The number of amides is 1. The van der Waals surface area contributed by atoms with Crippen molar-refractivity contribution in [2.24, 2.45) is 0 Å². The molecule has 1 amide bonds. The number of hydrogen-bond donors (Lipinski definition) is 1. The smallest absolute Gasteiger partial charge is 0.340 e. The van der Waals surface area contributed by atoms with Gasteiger partial charge in [-0.2, -0.15) is 0 Å². The molecule has 0 aliphatic heterocycles. The molecule has 0 aliphatic rings. The van der Waals surface area contributed by atoms with E-state index in [2.05, 4.69) is 10.1 Å². The van der Waals surface area contributed by atoms with E-state index in [1.54, 1.807) is 0 Å². The Morgan fingerprint density at radius 1 is 1.25 bits per heavy atom. The van der Waals surface area contributed by atoms with Crippen molar-refractivity contribution < 1.29 is 23.1 Å². The summed E-state index contributed by atoms with van der Waals surface area (Å²) in [5.74, 6) is -3.47. The minimum Gasteiger partial charge on any atom is -0.465 e. The maximum Gasteiger partial charge on any atom is 0.340 e. The highest BCUT2D eigenvalue weighted by Gasteiger charge is 2.16. The second-order valence-corrected chi connectivity index (χ2v) is 2.98. The number of benzene rings is 1. The van der Waals surface area contributed by atoms with Crippen LogP contribution in [0.25, 0.3) is 0 Å². The van der Waals surface area contributed by atoms with Gasteiger partial charge in [0.25, 0.3) is 0 Å². The van der Waals surface area contributed by atoms with Crippen molar-refractivity contribution in [2.75, 3.05) is 12.4 Å². The maximum atomic E-state index is 13.2. The van der Waals surface area contributed by atoms with Gasteiger partial charge in [0.1, 0.15) is 11.6 Å². The summed E-state index contributed by atoms with van der Waals surface area (Å²) in [7, 11) is 1.07. The molecule has 0 aromatic heterocycles. The minimum atomic E-state index is -1.04. The first-order chi connectivity index (χ1) is 7.45. The third-order valence-electron chi connectivity index (χ3n) is 1.77. The third kappa shape index (κ3) is 2.53. The predicted molar refractivity (Wildman–Crippen MR) is 52.0 cm³/mol. The van der Waals surface area contributed by atoms with Crippen LogP contribution in [0.2, 0.25) is 0 Å². The van der Waals surface area contributed by atoms with Gasteiger partial charge in [-0.3, -0.25) is 4.79 Å². The Bertz CT molecular complexity index is 446. The van der Waals surface area contributed by atoms with Crippen molar-refractivity contribution in [2.45, 2.75) is 6.92 Å². The molecule has 1 aromatic rings. The fraction of sp³-hybridized carbons (Fsp3) is 0.200. The van der Waals surface area contributed by atoms with E-state index in [9.17, 15) is 18.4 Å². The number of hydrogen-bond acceptors (Lipinski definition) is 3. The zero-order valence-electron chi connectivity index (χ0n) is 8.64. The zero-order valence-corrected chi connectivity index (χ0v) is 8.64. The SMILES string of the molecule is COC(=O)c1cc(NC(C)=O)c(F)cc1F. The van der Waals surface area contributed by atoms with Crippen LogP contribution in [-0.2, 0) is 9.53 Å². The number of halogens is 2. The first-order valence-electron chi connectivity index (χ1n) is 4.30. The van der Waals surface area contributed by atoms with Crippen molar-refractivity contribution in [3.05, 3.63) is 29.3 Å². The van der Waals surface area contributed by atoms with Crippen LogP contribution in [0.5, 0.6) is 0 Å². The van der Waals surface area contributed by atoms with Crippen molar-refractivity contribution in [3.63, 3.8) is 0 Å². The fourth-order valence-corrected chi connectivity index (χ4v) is 1.10. The van der Waals surface area contributed by atoms with E-state index in [1.807, 2.05) is 0 Å². The molecule has 6 heteroatoms. The molecule has 1 rings (SSSR count). The predicted octanol–water partition coefficient (Wildman–Crippen LogP) is 1.71. The molecule has 0 fully saturated rings. The summed E-state index contributed by atoms with van der Waals surface area (Å²) < 4.78 is 30.6. The lowest BCUT2D eigenvalue weighted by molar-refractivity contribution is -0.114. The normalized spacial score (nSPS) is 9.75. The van der Waals surface area contributed by atoms with Gasteiger partial charge in [0.05, 0.1) is 18.4 Å². The molecule has 0 bridgehead atoms. The molecule has 0 saturated carbocycles. The Hall–Kier alpha value is -1.98. The van der Waals surface area contributed by atoms with Crippen LogP contribution in [0.3, 0.4) is 0 Å². The number of nitrogens with one attached hydrogen (secondary N) is 1. The van der Waals surface area contributed by atoms with Gasteiger partial charge < -0.3 is 10.1 Å². The summed E-state index contributed by atoms with van der Waals surface area (Å²) in [6.45, 7) is 1.17. The van der Waals surface area contributed by atoms with Gasteiger partial charge in [-0.15, -0.1) is 0 Å². The highest BCUT2D eigenvalue weighted by atomic mass is 19.1. The summed E-state index contributed by atoms with van der Waals surface area (Å²) in [5, 5.41) is 2.13. The Labute approximate surface area is 90.2 Å². The monoisotopic (exact) mass is 229 g/mol. The van der Waals surface area contributed by atoms with Crippen LogP contribution in [0.4, 0.5) is 14.5 Å². The summed E-state index contributed by atoms with van der Waals surface area (Å²) in [5.41, 5.74) is -0.707. The van der Waals surface area contributed by atoms with Gasteiger partial charge in [0.15, 0.2) is 0 Å². The molecule has 0 heterocycles. The standard InChI is InChI=1S/C10H9F2NO3/c1-5(14)13-9-3-6(10(15)16-2)7(11)4-8(9)12/h3-4H,1-2H3,(H,13,14). The largest absolute Gasteiger partial charge is 0.465 e. The molecule has 86 valence electrons. The Morgan fingerprint density at radius 2 is 1.88 bits per heavy atom. The van der Waals surface area contributed by atoms with Crippen LogP contribution in [-0.4, -0.2) is 19.0 Å². The number of carbonyl (C=O) groups is 2. The number of ether oxygens (including phenoxy) is 1. The molecule has 1 N–H and O–H groups in total. The molecule has 0 spiro atoms. The molecule has 0 aliphatic carbocycles. The lowest BCUT2D eigenvalue weighted by atomic mass is 10.1. The first-order valence-corrected chi connectivity index (χ1v) is 4.30. The molecule has 16 heavy (non-hydrogen) atoms. The van der Waals surface area contributed by atoms with E-state index in [4.69, 9.17) is 0 Å². The molecule has 0 radical (unpaired) electrons. The first kappa shape index (κ1) is 12.1. The zero-order chi connectivity index (χ0) is 12.3. The van der Waals surface area contributed by atoms with Gasteiger partial charge in [-0.25, -0.2) is 13.6 Å². The van der Waals surface area contributed by atoms with E-state index < -0.39 is 29.1 Å². The molecule has 0 unspecified atom stereocenters. The average Bonchev–Trinajstić information content (AvgIpc) is 2.20. The molecular weight excluding hydrogens is 220 g/mol.